The molecule has 6 heteroatoms. The number of nitrogens with two attached hydrogens (primary N) is 1. The van der Waals surface area contributed by atoms with Crippen molar-refractivity contribution < 1.29 is 9.53 Å². The lowest BCUT2D eigenvalue weighted by atomic mass is 10.0. The summed E-state index contributed by atoms with van der Waals surface area (Å²) in [6.07, 6.45) is 5.83. The molecule has 0 amide bonds. The quantitative estimate of drug-likeness (QED) is 0.453. The number of rotatable bonds is 8. The van der Waals surface area contributed by atoms with Crippen LogP contribution >= 0.6 is 0 Å². The van der Waals surface area contributed by atoms with Crippen molar-refractivity contribution in [3.8, 4) is 11.3 Å². The Kier molecular flexibility index (Phi) is 6.66. The van der Waals surface area contributed by atoms with E-state index in [0.717, 1.165) is 19.3 Å². The summed E-state index contributed by atoms with van der Waals surface area (Å²) in [5, 5.41) is 11.2. The molecule has 128 valence electrons. The van der Waals surface area contributed by atoms with E-state index in [2.05, 4.69) is 29.3 Å². The standard InChI is InChI=1S/C18H24N4O2/c1-13(2)6-4-3-5-11-24-18(23)15-8-7-14(19)12-16(15)17-9-10-20-22-21-17/h7-10,12-13H,3-6,11,19H2,1-2H3. The second-order valence-corrected chi connectivity index (χ2v) is 6.19. The van der Waals surface area contributed by atoms with Gasteiger partial charge in [-0.05, 0) is 41.8 Å². The van der Waals surface area contributed by atoms with E-state index in [1.54, 1.807) is 24.3 Å². The Labute approximate surface area is 142 Å². The molecule has 2 rings (SSSR count). The van der Waals surface area contributed by atoms with Gasteiger partial charge in [-0.2, -0.15) is 0 Å². The van der Waals surface area contributed by atoms with E-state index in [0.29, 0.717) is 35.0 Å². The van der Waals surface area contributed by atoms with Gasteiger partial charge in [0.1, 0.15) is 0 Å². The van der Waals surface area contributed by atoms with Gasteiger partial charge in [0.15, 0.2) is 0 Å². The number of unbranched alkanes of at least 4 members (excludes halogenated alkanes) is 2. The zero-order chi connectivity index (χ0) is 17.4. The molecule has 0 unspecified atom stereocenters. The second-order valence-electron chi connectivity index (χ2n) is 6.19. The average Bonchev–Trinajstić information content (AvgIpc) is 2.58. The molecule has 2 aromatic rings. The zero-order valence-electron chi connectivity index (χ0n) is 14.2. The van der Waals surface area contributed by atoms with E-state index < -0.39 is 0 Å². The van der Waals surface area contributed by atoms with Crippen LogP contribution in [0.2, 0.25) is 0 Å². The number of anilines is 1. The van der Waals surface area contributed by atoms with Gasteiger partial charge in [-0.15, -0.1) is 10.2 Å². The maximum Gasteiger partial charge on any atom is 0.338 e. The van der Waals surface area contributed by atoms with Crippen molar-refractivity contribution in [1.82, 2.24) is 15.4 Å². The number of hydrogen-bond acceptors (Lipinski definition) is 6. The van der Waals surface area contributed by atoms with Gasteiger partial charge < -0.3 is 10.5 Å². The molecular formula is C18H24N4O2. The van der Waals surface area contributed by atoms with Crippen LogP contribution < -0.4 is 5.73 Å². The molecule has 0 saturated carbocycles. The number of nitrogen functional groups attached to an aromatic ring is 1. The van der Waals surface area contributed by atoms with E-state index in [4.69, 9.17) is 10.5 Å². The highest BCUT2D eigenvalue weighted by atomic mass is 16.5. The van der Waals surface area contributed by atoms with Gasteiger partial charge in [0.25, 0.3) is 0 Å². The highest BCUT2D eigenvalue weighted by Crippen LogP contribution is 2.24. The maximum absolute atomic E-state index is 12.4. The molecule has 6 nitrogen and oxygen atoms in total. The summed E-state index contributed by atoms with van der Waals surface area (Å²) in [4.78, 5) is 12.4. The number of aromatic nitrogens is 3. The molecule has 0 fully saturated rings. The summed E-state index contributed by atoms with van der Waals surface area (Å²) in [5.74, 6) is 0.346. The highest BCUT2D eigenvalue weighted by Gasteiger charge is 2.15. The van der Waals surface area contributed by atoms with Gasteiger partial charge >= 0.3 is 5.97 Å². The molecule has 0 aliphatic rings. The Morgan fingerprint density at radius 1 is 1.21 bits per heavy atom. The third-order valence-corrected chi connectivity index (χ3v) is 3.70. The van der Waals surface area contributed by atoms with E-state index in [9.17, 15) is 4.79 Å². The number of ether oxygens (including phenoxy) is 1. The van der Waals surface area contributed by atoms with Gasteiger partial charge in [0, 0.05) is 11.3 Å². The molecule has 0 radical (unpaired) electrons. The molecule has 0 aliphatic carbocycles. The molecule has 0 saturated heterocycles. The minimum absolute atomic E-state index is 0.368. The Balaban J connectivity index is 1.97. The van der Waals surface area contributed by atoms with Gasteiger partial charge in [-0.25, -0.2) is 4.79 Å². The predicted molar refractivity (Wildman–Crippen MR) is 93.3 cm³/mol. The Hall–Kier alpha value is -2.50. The van der Waals surface area contributed by atoms with Crippen LogP contribution in [0, 0.1) is 5.92 Å². The van der Waals surface area contributed by atoms with Crippen molar-refractivity contribution in [2.45, 2.75) is 39.5 Å². The molecule has 0 atom stereocenters. The van der Waals surface area contributed by atoms with Crippen LogP contribution in [0.4, 0.5) is 5.69 Å². The van der Waals surface area contributed by atoms with Crippen LogP contribution in [0.25, 0.3) is 11.3 Å². The minimum atomic E-state index is -0.368. The lowest BCUT2D eigenvalue weighted by Crippen LogP contribution is -2.09. The Morgan fingerprint density at radius 2 is 2.04 bits per heavy atom. The first-order chi connectivity index (χ1) is 11.6. The van der Waals surface area contributed by atoms with Crippen molar-refractivity contribution in [3.05, 3.63) is 36.0 Å². The normalized spacial score (nSPS) is 10.8. The molecule has 0 spiro atoms. The van der Waals surface area contributed by atoms with Crippen LogP contribution in [0.15, 0.2) is 30.5 Å². The van der Waals surface area contributed by atoms with Crippen molar-refractivity contribution >= 4 is 11.7 Å². The van der Waals surface area contributed by atoms with Gasteiger partial charge in [0.05, 0.1) is 24.1 Å². The van der Waals surface area contributed by atoms with Crippen molar-refractivity contribution in [3.63, 3.8) is 0 Å². The van der Waals surface area contributed by atoms with E-state index in [1.165, 1.54) is 12.6 Å². The fourth-order valence-corrected chi connectivity index (χ4v) is 2.41. The first-order valence-corrected chi connectivity index (χ1v) is 8.29. The Morgan fingerprint density at radius 3 is 2.75 bits per heavy atom. The molecule has 2 N–H and O–H groups in total. The highest BCUT2D eigenvalue weighted by molar-refractivity contribution is 5.97. The van der Waals surface area contributed by atoms with Crippen LogP contribution in [-0.4, -0.2) is 28.0 Å². The first kappa shape index (κ1) is 17.8. The maximum atomic E-state index is 12.4. The molecule has 1 aromatic heterocycles. The number of carbonyl (C=O) groups excluding carboxylic acids is 1. The fourth-order valence-electron chi connectivity index (χ4n) is 2.41. The molecule has 0 bridgehead atoms. The third kappa shape index (κ3) is 5.30. The lowest BCUT2D eigenvalue weighted by Gasteiger charge is -2.10. The van der Waals surface area contributed by atoms with E-state index >= 15 is 0 Å². The summed E-state index contributed by atoms with van der Waals surface area (Å²) in [6.45, 7) is 4.85. The number of esters is 1. The smallest absolute Gasteiger partial charge is 0.338 e. The molecular weight excluding hydrogens is 304 g/mol. The van der Waals surface area contributed by atoms with Crippen molar-refractivity contribution in [1.29, 1.82) is 0 Å². The summed E-state index contributed by atoms with van der Waals surface area (Å²) < 4.78 is 5.39. The van der Waals surface area contributed by atoms with Crippen LogP contribution in [0.1, 0.15) is 49.9 Å². The second kappa shape index (κ2) is 8.96. The number of carbonyl (C=O) groups is 1. The first-order valence-electron chi connectivity index (χ1n) is 8.29. The summed E-state index contributed by atoms with van der Waals surface area (Å²) >= 11 is 0. The summed E-state index contributed by atoms with van der Waals surface area (Å²) in [7, 11) is 0. The van der Waals surface area contributed by atoms with Crippen molar-refractivity contribution in [2.24, 2.45) is 5.92 Å². The summed E-state index contributed by atoms with van der Waals surface area (Å²) in [6, 6.07) is 6.72. The fraction of sp³-hybridized carbons (Fsp3) is 0.444. The zero-order valence-corrected chi connectivity index (χ0v) is 14.2. The van der Waals surface area contributed by atoms with E-state index in [1.807, 2.05) is 0 Å². The number of hydrogen-bond donors (Lipinski definition) is 1. The third-order valence-electron chi connectivity index (χ3n) is 3.70. The van der Waals surface area contributed by atoms with Gasteiger partial charge in [-0.3, -0.25) is 0 Å². The molecule has 24 heavy (non-hydrogen) atoms. The minimum Gasteiger partial charge on any atom is -0.462 e. The van der Waals surface area contributed by atoms with Crippen molar-refractivity contribution in [2.75, 3.05) is 12.3 Å². The Bertz CT molecular complexity index is 659. The molecule has 1 heterocycles. The monoisotopic (exact) mass is 328 g/mol. The SMILES string of the molecule is CC(C)CCCCCOC(=O)c1ccc(N)cc1-c1ccnnn1. The summed E-state index contributed by atoms with van der Waals surface area (Å²) in [5.41, 5.74) is 7.96. The molecule has 0 aliphatic heterocycles. The average molecular weight is 328 g/mol. The van der Waals surface area contributed by atoms with Crippen LogP contribution in [0.5, 0.6) is 0 Å². The lowest BCUT2D eigenvalue weighted by molar-refractivity contribution is 0.0498. The van der Waals surface area contributed by atoms with Gasteiger partial charge in [-0.1, -0.05) is 33.1 Å². The van der Waals surface area contributed by atoms with Crippen LogP contribution in [0.3, 0.4) is 0 Å². The predicted octanol–water partition coefficient (Wildman–Crippen LogP) is 3.49. The largest absolute Gasteiger partial charge is 0.462 e. The van der Waals surface area contributed by atoms with Gasteiger partial charge in [0.2, 0.25) is 0 Å². The molecule has 1 aromatic carbocycles. The number of nitrogens with zero attached hydrogens (tertiary/aromatic N) is 3. The topological polar surface area (TPSA) is 91.0 Å². The van der Waals surface area contributed by atoms with E-state index in [-0.39, 0.29) is 5.97 Å². The number of benzene rings is 1. The van der Waals surface area contributed by atoms with Crippen LogP contribution in [-0.2, 0) is 4.74 Å².